The summed E-state index contributed by atoms with van der Waals surface area (Å²) >= 11 is 0. The number of hydrogen-bond acceptors (Lipinski definition) is 3. The molecule has 0 bridgehead atoms. The highest BCUT2D eigenvalue weighted by Gasteiger charge is 2.24. The van der Waals surface area contributed by atoms with E-state index in [1.54, 1.807) is 0 Å². The Morgan fingerprint density at radius 2 is 2.05 bits per heavy atom. The van der Waals surface area contributed by atoms with Gasteiger partial charge < -0.3 is 9.47 Å². The number of aryl methyl sites for hydroxylation is 1. The van der Waals surface area contributed by atoms with Crippen LogP contribution < -0.4 is 0 Å². The second kappa shape index (κ2) is 7.25. The molecule has 1 saturated heterocycles. The van der Waals surface area contributed by atoms with Gasteiger partial charge in [-0.15, -0.1) is 0 Å². The van der Waals surface area contributed by atoms with Crippen LogP contribution in [-0.4, -0.2) is 36.0 Å². The van der Waals surface area contributed by atoms with E-state index in [4.69, 9.17) is 9.47 Å². The molecule has 0 unspecified atom stereocenters. The van der Waals surface area contributed by atoms with Crippen molar-refractivity contribution in [2.75, 3.05) is 26.4 Å². The Balaban J connectivity index is 0.000000847. The zero-order valence-corrected chi connectivity index (χ0v) is 14.4. The van der Waals surface area contributed by atoms with Crippen LogP contribution in [-0.2, 0) is 14.9 Å². The summed E-state index contributed by atoms with van der Waals surface area (Å²) in [5.74, 6) is 0.585. The number of ether oxygens (including phenoxy) is 2. The third-order valence-corrected chi connectivity index (χ3v) is 4.01. The Kier molecular flexibility index (Phi) is 5.59. The Bertz CT molecular complexity index is 600. The second-order valence-corrected chi connectivity index (χ2v) is 6.38. The molecule has 3 rings (SSSR count). The van der Waals surface area contributed by atoms with Crippen LogP contribution in [0.15, 0.2) is 24.5 Å². The summed E-state index contributed by atoms with van der Waals surface area (Å²) in [6, 6.07) is 4.32. The first-order valence-corrected chi connectivity index (χ1v) is 8.16. The predicted octanol–water partition coefficient (Wildman–Crippen LogP) is 3.61. The topological polar surface area (TPSA) is 35.8 Å². The first kappa shape index (κ1) is 17.0. The molecule has 1 aliphatic heterocycles. The summed E-state index contributed by atoms with van der Waals surface area (Å²) in [5, 5.41) is 4.38. The molecule has 2 aromatic heterocycles. The van der Waals surface area contributed by atoms with Crippen LogP contribution in [0.25, 0.3) is 5.52 Å². The molecule has 0 spiro atoms. The molecule has 4 nitrogen and oxygen atoms in total. The van der Waals surface area contributed by atoms with Gasteiger partial charge in [0.1, 0.15) is 0 Å². The maximum atomic E-state index is 5.86. The van der Waals surface area contributed by atoms with E-state index >= 15 is 0 Å². The second-order valence-electron chi connectivity index (χ2n) is 6.38. The Labute approximate surface area is 133 Å². The van der Waals surface area contributed by atoms with E-state index in [1.807, 2.05) is 24.6 Å². The van der Waals surface area contributed by atoms with Crippen molar-refractivity contribution in [1.29, 1.82) is 0 Å². The number of nitrogens with zero attached hydrogens (tertiary/aromatic N) is 2. The molecule has 122 valence electrons. The monoisotopic (exact) mass is 304 g/mol. The van der Waals surface area contributed by atoms with Gasteiger partial charge in [-0.3, -0.25) is 0 Å². The third-order valence-electron chi connectivity index (χ3n) is 4.01. The maximum absolute atomic E-state index is 5.86. The van der Waals surface area contributed by atoms with Crippen molar-refractivity contribution >= 4 is 5.52 Å². The van der Waals surface area contributed by atoms with Gasteiger partial charge in [0.05, 0.1) is 38.1 Å². The SMILES string of the molecule is CC.Cc1cnn2cc(C(C)(C)COCC3COC3)ccc12. The quantitative estimate of drug-likeness (QED) is 0.846. The van der Waals surface area contributed by atoms with Gasteiger partial charge >= 0.3 is 0 Å². The van der Waals surface area contributed by atoms with Gasteiger partial charge in [-0.25, -0.2) is 4.52 Å². The van der Waals surface area contributed by atoms with Gasteiger partial charge in [-0.05, 0) is 24.1 Å². The van der Waals surface area contributed by atoms with Crippen LogP contribution in [0.4, 0.5) is 0 Å². The van der Waals surface area contributed by atoms with Crippen molar-refractivity contribution in [3.63, 3.8) is 0 Å². The zero-order valence-electron chi connectivity index (χ0n) is 14.4. The van der Waals surface area contributed by atoms with Crippen LogP contribution in [0.1, 0.15) is 38.8 Å². The number of hydrogen-bond donors (Lipinski definition) is 0. The van der Waals surface area contributed by atoms with Crippen LogP contribution in [0.2, 0.25) is 0 Å². The first-order chi connectivity index (χ1) is 10.6. The van der Waals surface area contributed by atoms with Crippen molar-refractivity contribution < 1.29 is 9.47 Å². The molecule has 4 heteroatoms. The molecule has 0 radical (unpaired) electrons. The average Bonchev–Trinajstić information content (AvgIpc) is 2.85. The normalized spacial score (nSPS) is 15.3. The van der Waals surface area contributed by atoms with Crippen LogP contribution >= 0.6 is 0 Å². The molecule has 0 aromatic carbocycles. The number of fused-ring (bicyclic) bond motifs is 1. The zero-order chi connectivity index (χ0) is 16.2. The molecule has 22 heavy (non-hydrogen) atoms. The molecule has 1 aliphatic rings. The van der Waals surface area contributed by atoms with Crippen molar-refractivity contribution in [2.45, 2.75) is 40.0 Å². The van der Waals surface area contributed by atoms with E-state index in [2.05, 4.69) is 44.2 Å². The van der Waals surface area contributed by atoms with Crippen molar-refractivity contribution in [2.24, 2.45) is 5.92 Å². The fourth-order valence-corrected chi connectivity index (χ4v) is 2.46. The van der Waals surface area contributed by atoms with Crippen molar-refractivity contribution in [3.05, 3.63) is 35.7 Å². The number of aromatic nitrogens is 2. The first-order valence-electron chi connectivity index (χ1n) is 8.16. The van der Waals surface area contributed by atoms with E-state index in [9.17, 15) is 0 Å². The lowest BCUT2D eigenvalue weighted by molar-refractivity contribution is -0.0763. The average molecular weight is 304 g/mol. The summed E-state index contributed by atoms with van der Waals surface area (Å²) in [6.07, 6.45) is 4.01. The highest BCUT2D eigenvalue weighted by Crippen LogP contribution is 2.25. The van der Waals surface area contributed by atoms with E-state index in [0.29, 0.717) is 5.92 Å². The summed E-state index contributed by atoms with van der Waals surface area (Å²) < 4.78 is 13.0. The van der Waals surface area contributed by atoms with Gasteiger partial charge in [-0.2, -0.15) is 5.10 Å². The van der Waals surface area contributed by atoms with E-state index in [0.717, 1.165) is 31.9 Å². The fourth-order valence-electron chi connectivity index (χ4n) is 2.46. The van der Waals surface area contributed by atoms with Gasteiger partial charge in [0, 0.05) is 17.5 Å². The minimum atomic E-state index is -0.0152. The van der Waals surface area contributed by atoms with E-state index < -0.39 is 0 Å². The Hall–Kier alpha value is -1.39. The standard InChI is InChI=1S/C16H22N2O2.C2H6/c1-12-6-17-18-7-14(4-5-15(12)18)16(2,3)11-20-10-13-8-19-9-13;1-2/h4-7,13H,8-11H2,1-3H3;1-2H3. The lowest BCUT2D eigenvalue weighted by Gasteiger charge is -2.29. The van der Waals surface area contributed by atoms with Gasteiger partial charge in [-0.1, -0.05) is 33.8 Å². The number of pyridine rings is 1. The smallest absolute Gasteiger partial charge is 0.0690 e. The van der Waals surface area contributed by atoms with Gasteiger partial charge in [0.15, 0.2) is 0 Å². The summed E-state index contributed by atoms with van der Waals surface area (Å²) in [6.45, 7) is 13.7. The lowest BCUT2D eigenvalue weighted by Crippen LogP contribution is -2.34. The van der Waals surface area contributed by atoms with Gasteiger partial charge in [0.2, 0.25) is 0 Å². The molecule has 1 fully saturated rings. The lowest BCUT2D eigenvalue weighted by atomic mass is 9.86. The number of rotatable bonds is 5. The van der Waals surface area contributed by atoms with Crippen LogP contribution in [0.3, 0.4) is 0 Å². The van der Waals surface area contributed by atoms with Gasteiger partial charge in [0.25, 0.3) is 0 Å². The molecular weight excluding hydrogens is 276 g/mol. The molecule has 0 aliphatic carbocycles. The summed E-state index contributed by atoms with van der Waals surface area (Å²) in [5.41, 5.74) is 3.60. The highest BCUT2D eigenvalue weighted by molar-refractivity contribution is 5.53. The molecule has 0 saturated carbocycles. The summed E-state index contributed by atoms with van der Waals surface area (Å²) in [7, 11) is 0. The predicted molar refractivity (Wildman–Crippen MR) is 89.4 cm³/mol. The Morgan fingerprint density at radius 1 is 1.32 bits per heavy atom. The van der Waals surface area contributed by atoms with E-state index in [-0.39, 0.29) is 5.41 Å². The van der Waals surface area contributed by atoms with E-state index in [1.165, 1.54) is 11.1 Å². The molecule has 0 atom stereocenters. The molecule has 0 N–H and O–H groups in total. The Morgan fingerprint density at radius 3 is 2.68 bits per heavy atom. The minimum Gasteiger partial charge on any atom is -0.381 e. The largest absolute Gasteiger partial charge is 0.381 e. The summed E-state index contributed by atoms with van der Waals surface area (Å²) in [4.78, 5) is 0. The van der Waals surface area contributed by atoms with Crippen LogP contribution in [0.5, 0.6) is 0 Å². The third kappa shape index (κ3) is 3.68. The highest BCUT2D eigenvalue weighted by atomic mass is 16.5. The molecular formula is C18H28N2O2. The molecule has 0 amide bonds. The minimum absolute atomic E-state index is 0.0152. The maximum Gasteiger partial charge on any atom is 0.0690 e. The molecule has 2 aromatic rings. The fraction of sp³-hybridized carbons (Fsp3) is 0.611. The molecule has 3 heterocycles. The van der Waals surface area contributed by atoms with Crippen LogP contribution in [0, 0.1) is 12.8 Å². The van der Waals surface area contributed by atoms with Crippen molar-refractivity contribution in [3.8, 4) is 0 Å². The van der Waals surface area contributed by atoms with Crippen molar-refractivity contribution in [1.82, 2.24) is 9.61 Å².